The standard InChI is InChI=1S/C24H33NS/c1-2-3-4-7-18-11-13-19(14-12-18)21-9-5-8-20-15-16-22(25-24(20)21)23-10-6-17-26-23/h6,8,10,15-19,21,24H,2-5,7,9,11-14H2,1H3. The van der Waals surface area contributed by atoms with Crippen LogP contribution in [0, 0.1) is 17.8 Å². The van der Waals surface area contributed by atoms with E-state index < -0.39 is 0 Å². The van der Waals surface area contributed by atoms with Gasteiger partial charge in [0.2, 0.25) is 0 Å². The molecule has 1 aromatic heterocycles. The van der Waals surface area contributed by atoms with Gasteiger partial charge in [-0.15, -0.1) is 11.3 Å². The fraction of sp³-hybridized carbons (Fsp3) is 0.625. The Balaban J connectivity index is 1.41. The minimum atomic E-state index is 0.424. The molecule has 26 heavy (non-hydrogen) atoms. The number of rotatable bonds is 6. The van der Waals surface area contributed by atoms with Gasteiger partial charge in [-0.25, -0.2) is 0 Å². The summed E-state index contributed by atoms with van der Waals surface area (Å²) in [5, 5.41) is 2.16. The van der Waals surface area contributed by atoms with Gasteiger partial charge < -0.3 is 0 Å². The highest BCUT2D eigenvalue weighted by Crippen LogP contribution is 2.43. The zero-order chi connectivity index (χ0) is 17.8. The molecule has 0 N–H and O–H groups in total. The maximum Gasteiger partial charge on any atom is 0.0784 e. The molecule has 3 aliphatic rings. The lowest BCUT2D eigenvalue weighted by atomic mass is 9.68. The lowest BCUT2D eigenvalue weighted by Gasteiger charge is -2.40. The molecule has 0 spiro atoms. The largest absolute Gasteiger partial charge is 0.276 e. The number of unbranched alkanes of at least 4 members (excludes halogenated alkanes) is 2. The Labute approximate surface area is 163 Å². The van der Waals surface area contributed by atoms with Crippen molar-refractivity contribution in [3.63, 3.8) is 0 Å². The minimum Gasteiger partial charge on any atom is -0.276 e. The Hall–Kier alpha value is -1.15. The van der Waals surface area contributed by atoms with Crippen LogP contribution in [0.25, 0.3) is 0 Å². The van der Waals surface area contributed by atoms with E-state index in [1.807, 2.05) is 11.3 Å². The van der Waals surface area contributed by atoms with E-state index in [1.165, 1.54) is 80.4 Å². The van der Waals surface area contributed by atoms with Crippen molar-refractivity contribution in [3.8, 4) is 0 Å². The van der Waals surface area contributed by atoms with E-state index in [1.54, 1.807) is 0 Å². The first kappa shape index (κ1) is 18.2. The summed E-state index contributed by atoms with van der Waals surface area (Å²) in [6, 6.07) is 4.77. The molecule has 4 rings (SSSR count). The van der Waals surface area contributed by atoms with Crippen LogP contribution in [0.4, 0.5) is 0 Å². The zero-order valence-corrected chi connectivity index (χ0v) is 17.0. The van der Waals surface area contributed by atoms with Gasteiger partial charge in [-0.2, -0.15) is 0 Å². The molecule has 0 amide bonds. The minimum absolute atomic E-state index is 0.424. The number of nitrogens with zero attached hydrogens (tertiary/aromatic N) is 1. The molecule has 0 aromatic carbocycles. The Bertz CT molecular complexity index is 658. The summed E-state index contributed by atoms with van der Waals surface area (Å²) in [6.45, 7) is 2.31. The second-order valence-corrected chi connectivity index (χ2v) is 9.44. The van der Waals surface area contributed by atoms with Gasteiger partial charge in [0, 0.05) is 0 Å². The highest BCUT2D eigenvalue weighted by Gasteiger charge is 2.36. The number of dihydropyridines is 1. The van der Waals surface area contributed by atoms with Gasteiger partial charge in [0.25, 0.3) is 0 Å². The van der Waals surface area contributed by atoms with Crippen molar-refractivity contribution < 1.29 is 0 Å². The van der Waals surface area contributed by atoms with Gasteiger partial charge in [-0.3, -0.25) is 4.99 Å². The summed E-state index contributed by atoms with van der Waals surface area (Å²) in [5.74, 6) is 2.67. The molecule has 1 aliphatic heterocycles. The lowest BCUT2D eigenvalue weighted by Crippen LogP contribution is -2.34. The third kappa shape index (κ3) is 4.06. The molecular formula is C24H33NS. The van der Waals surface area contributed by atoms with Crippen LogP contribution < -0.4 is 0 Å². The average Bonchev–Trinajstić information content (AvgIpc) is 3.23. The highest BCUT2D eigenvalue weighted by atomic mass is 32.1. The topological polar surface area (TPSA) is 12.4 Å². The van der Waals surface area contributed by atoms with Crippen LogP contribution in [-0.2, 0) is 0 Å². The molecule has 0 saturated heterocycles. The van der Waals surface area contributed by atoms with Gasteiger partial charge >= 0.3 is 0 Å². The van der Waals surface area contributed by atoms with Crippen LogP contribution in [0.5, 0.6) is 0 Å². The van der Waals surface area contributed by atoms with Gasteiger partial charge in [-0.1, -0.05) is 63.7 Å². The van der Waals surface area contributed by atoms with Crippen molar-refractivity contribution in [2.24, 2.45) is 22.7 Å². The van der Waals surface area contributed by atoms with E-state index >= 15 is 0 Å². The average molecular weight is 368 g/mol. The summed E-state index contributed by atoms with van der Waals surface area (Å²) in [7, 11) is 0. The van der Waals surface area contributed by atoms with Gasteiger partial charge in [0.15, 0.2) is 0 Å². The van der Waals surface area contributed by atoms with E-state index in [4.69, 9.17) is 4.99 Å². The summed E-state index contributed by atoms with van der Waals surface area (Å²) in [6.07, 6.45) is 21.2. The van der Waals surface area contributed by atoms with Gasteiger partial charge in [0.05, 0.1) is 16.6 Å². The number of hydrogen-bond donors (Lipinski definition) is 0. The van der Waals surface area contributed by atoms with E-state index in [0.29, 0.717) is 6.04 Å². The van der Waals surface area contributed by atoms with Crippen LogP contribution >= 0.6 is 11.3 Å². The Kier molecular flexibility index (Phi) is 6.09. The maximum atomic E-state index is 5.25. The Morgan fingerprint density at radius 1 is 1.08 bits per heavy atom. The smallest absolute Gasteiger partial charge is 0.0784 e. The SMILES string of the molecule is CCCCCC1CCC(C2CCC=C3C=CC(c4cccs4)=NC32)CC1. The Morgan fingerprint density at radius 2 is 1.96 bits per heavy atom. The fourth-order valence-electron chi connectivity index (χ4n) is 5.32. The number of hydrogen-bond acceptors (Lipinski definition) is 2. The van der Waals surface area contributed by atoms with Crippen LogP contribution in [0.3, 0.4) is 0 Å². The first-order valence-corrected chi connectivity index (χ1v) is 11.7. The second kappa shape index (κ2) is 8.69. The van der Waals surface area contributed by atoms with Crippen molar-refractivity contribution in [2.45, 2.75) is 77.2 Å². The molecule has 2 aliphatic carbocycles. The van der Waals surface area contributed by atoms with Crippen LogP contribution in [0.1, 0.15) is 76.0 Å². The summed E-state index contributed by atoms with van der Waals surface area (Å²) >= 11 is 1.81. The number of allylic oxidation sites excluding steroid dienone is 2. The first-order valence-electron chi connectivity index (χ1n) is 10.8. The van der Waals surface area contributed by atoms with Crippen LogP contribution in [0.2, 0.25) is 0 Å². The molecular weight excluding hydrogens is 334 g/mol. The van der Waals surface area contributed by atoms with Crippen molar-refractivity contribution in [1.29, 1.82) is 0 Å². The molecule has 0 bridgehead atoms. The molecule has 2 heterocycles. The Morgan fingerprint density at radius 3 is 2.73 bits per heavy atom. The summed E-state index contributed by atoms with van der Waals surface area (Å²) in [5.41, 5.74) is 2.70. The molecule has 1 saturated carbocycles. The van der Waals surface area contributed by atoms with Crippen molar-refractivity contribution >= 4 is 17.0 Å². The molecule has 1 fully saturated rings. The monoisotopic (exact) mass is 367 g/mol. The van der Waals surface area contributed by atoms with Gasteiger partial charge in [-0.05, 0) is 66.5 Å². The molecule has 1 nitrogen and oxygen atoms in total. The summed E-state index contributed by atoms with van der Waals surface area (Å²) in [4.78, 5) is 6.58. The van der Waals surface area contributed by atoms with Crippen molar-refractivity contribution in [1.82, 2.24) is 0 Å². The van der Waals surface area contributed by atoms with E-state index in [0.717, 1.165) is 17.8 Å². The first-order chi connectivity index (χ1) is 12.8. The van der Waals surface area contributed by atoms with Crippen molar-refractivity contribution in [3.05, 3.63) is 46.2 Å². The van der Waals surface area contributed by atoms with E-state index in [-0.39, 0.29) is 0 Å². The second-order valence-electron chi connectivity index (χ2n) is 8.49. The molecule has 140 valence electrons. The highest BCUT2D eigenvalue weighted by molar-refractivity contribution is 7.12. The lowest BCUT2D eigenvalue weighted by molar-refractivity contribution is 0.173. The van der Waals surface area contributed by atoms with Gasteiger partial charge in [0.1, 0.15) is 0 Å². The van der Waals surface area contributed by atoms with Crippen molar-refractivity contribution in [2.75, 3.05) is 0 Å². The molecule has 1 aromatic rings. The zero-order valence-electron chi connectivity index (χ0n) is 16.2. The quantitative estimate of drug-likeness (QED) is 0.471. The molecule has 2 atom stereocenters. The third-order valence-corrected chi connectivity index (χ3v) is 7.72. The van der Waals surface area contributed by atoms with Crippen LogP contribution in [0.15, 0.2) is 46.3 Å². The third-order valence-electron chi connectivity index (χ3n) is 6.83. The summed E-state index contributed by atoms with van der Waals surface area (Å²) < 4.78 is 0. The molecule has 0 radical (unpaired) electrons. The van der Waals surface area contributed by atoms with E-state index in [9.17, 15) is 0 Å². The van der Waals surface area contributed by atoms with E-state index in [2.05, 4.69) is 42.7 Å². The van der Waals surface area contributed by atoms with Crippen LogP contribution in [-0.4, -0.2) is 11.8 Å². The predicted octanol–water partition coefficient (Wildman–Crippen LogP) is 7.20. The number of fused-ring (bicyclic) bond motifs is 1. The number of aliphatic imine (C=N–C) groups is 1. The predicted molar refractivity (Wildman–Crippen MR) is 114 cm³/mol. The normalized spacial score (nSPS) is 31.3. The molecule has 2 unspecified atom stereocenters. The fourth-order valence-corrected chi connectivity index (χ4v) is 6.03. The molecule has 2 heteroatoms. The number of thiophene rings is 1. The maximum absolute atomic E-state index is 5.25.